The molecule has 3 N–H and O–H groups in total. The van der Waals surface area contributed by atoms with Gasteiger partial charge in [-0.15, -0.1) is 0 Å². The zero-order valence-electron chi connectivity index (χ0n) is 9.46. The van der Waals surface area contributed by atoms with E-state index in [1.807, 2.05) is 6.07 Å². The summed E-state index contributed by atoms with van der Waals surface area (Å²) in [5.41, 5.74) is 0.791. The van der Waals surface area contributed by atoms with Gasteiger partial charge < -0.3 is 15.5 Å². The predicted molar refractivity (Wildman–Crippen MR) is 61.4 cm³/mol. The van der Waals surface area contributed by atoms with E-state index in [0.29, 0.717) is 0 Å². The lowest BCUT2D eigenvalue weighted by molar-refractivity contribution is -0.144. The number of nitrogens with one attached hydrogen (secondary N) is 1. The number of benzene rings is 1. The third-order valence-corrected chi connectivity index (χ3v) is 2.27. The Morgan fingerprint density at radius 3 is 2.35 bits per heavy atom. The molecule has 1 aromatic carbocycles. The zero-order chi connectivity index (χ0) is 12.8. The maximum atomic E-state index is 11.5. The highest BCUT2D eigenvalue weighted by atomic mass is 16.4. The van der Waals surface area contributed by atoms with E-state index in [1.165, 1.54) is 6.92 Å². The van der Waals surface area contributed by atoms with Gasteiger partial charge in [0, 0.05) is 0 Å². The van der Waals surface area contributed by atoms with Crippen LogP contribution in [0, 0.1) is 0 Å². The molecule has 0 aliphatic heterocycles. The molecule has 92 valence electrons. The van der Waals surface area contributed by atoms with Crippen LogP contribution in [0.2, 0.25) is 0 Å². The highest BCUT2D eigenvalue weighted by Gasteiger charge is 2.24. The van der Waals surface area contributed by atoms with E-state index in [0.717, 1.165) is 5.56 Å². The van der Waals surface area contributed by atoms with Crippen molar-refractivity contribution in [2.24, 2.45) is 0 Å². The smallest absolute Gasteiger partial charge is 0.328 e. The van der Waals surface area contributed by atoms with Gasteiger partial charge in [-0.3, -0.25) is 4.79 Å². The molecule has 0 heterocycles. The predicted octanol–water partition coefficient (Wildman–Crippen LogP) is 0.179. The topological polar surface area (TPSA) is 86.6 Å². The molecule has 0 saturated heterocycles. The lowest BCUT2D eigenvalue weighted by atomic mass is 10.1. The lowest BCUT2D eigenvalue weighted by Crippen LogP contribution is -2.48. The number of carbonyl (C=O) groups excluding carboxylic acids is 1. The van der Waals surface area contributed by atoms with Crippen molar-refractivity contribution >= 4 is 11.9 Å². The summed E-state index contributed by atoms with van der Waals surface area (Å²) in [6.45, 7) is 1.32. The summed E-state index contributed by atoms with van der Waals surface area (Å²) in [5.74, 6) is -1.68. The van der Waals surface area contributed by atoms with Gasteiger partial charge in [0.25, 0.3) is 0 Å². The molecule has 0 aliphatic carbocycles. The SMILES string of the molecule is C[C@H](O)[C@H](NC(=O)Cc1ccccc1)C(=O)O. The fourth-order valence-corrected chi connectivity index (χ4v) is 1.39. The minimum atomic E-state index is -1.27. The molecule has 5 heteroatoms. The number of rotatable bonds is 5. The Kier molecular flexibility index (Phi) is 4.66. The molecular formula is C12H15NO4. The quantitative estimate of drug-likeness (QED) is 0.681. The average Bonchev–Trinajstić information content (AvgIpc) is 2.26. The van der Waals surface area contributed by atoms with Gasteiger partial charge in [-0.1, -0.05) is 30.3 Å². The van der Waals surface area contributed by atoms with Crippen molar-refractivity contribution in [3.63, 3.8) is 0 Å². The molecule has 1 aromatic rings. The van der Waals surface area contributed by atoms with Crippen molar-refractivity contribution in [1.29, 1.82) is 0 Å². The largest absolute Gasteiger partial charge is 0.480 e. The third-order valence-electron chi connectivity index (χ3n) is 2.27. The first kappa shape index (κ1) is 13.2. The van der Waals surface area contributed by atoms with E-state index in [4.69, 9.17) is 5.11 Å². The van der Waals surface area contributed by atoms with Gasteiger partial charge in [-0.2, -0.15) is 0 Å². The molecule has 1 amide bonds. The first-order valence-electron chi connectivity index (χ1n) is 5.25. The second-order valence-corrected chi connectivity index (χ2v) is 3.79. The molecule has 17 heavy (non-hydrogen) atoms. The maximum absolute atomic E-state index is 11.5. The molecule has 5 nitrogen and oxygen atoms in total. The molecule has 1 rings (SSSR count). The summed E-state index contributed by atoms with van der Waals surface area (Å²) in [6.07, 6.45) is -1.04. The number of aliphatic hydroxyl groups is 1. The molecule has 0 unspecified atom stereocenters. The molecule has 0 radical (unpaired) electrons. The number of amides is 1. The van der Waals surface area contributed by atoms with Crippen LogP contribution < -0.4 is 5.32 Å². The Balaban J connectivity index is 2.57. The lowest BCUT2D eigenvalue weighted by Gasteiger charge is -2.16. The van der Waals surface area contributed by atoms with Crippen molar-refractivity contribution in [3.8, 4) is 0 Å². The van der Waals surface area contributed by atoms with Crippen LogP contribution in [0.4, 0.5) is 0 Å². The van der Waals surface area contributed by atoms with Crippen LogP contribution in [0.15, 0.2) is 30.3 Å². The van der Waals surface area contributed by atoms with Crippen LogP contribution in [-0.2, 0) is 16.0 Å². The Labute approximate surface area is 99.1 Å². The number of aliphatic hydroxyl groups excluding tert-OH is 1. The van der Waals surface area contributed by atoms with Crippen molar-refractivity contribution < 1.29 is 19.8 Å². The van der Waals surface area contributed by atoms with Gasteiger partial charge in [0.2, 0.25) is 5.91 Å². The molecule has 0 aliphatic rings. The first-order chi connectivity index (χ1) is 8.00. The summed E-state index contributed by atoms with van der Waals surface area (Å²) in [6, 6.07) is 7.70. The molecule has 0 spiro atoms. The van der Waals surface area contributed by atoms with Gasteiger partial charge in [-0.05, 0) is 12.5 Å². The van der Waals surface area contributed by atoms with Gasteiger partial charge >= 0.3 is 5.97 Å². The maximum Gasteiger partial charge on any atom is 0.328 e. The number of carboxylic acids is 1. The molecule has 0 bridgehead atoms. The van der Waals surface area contributed by atoms with E-state index < -0.39 is 24.0 Å². The fraction of sp³-hybridized carbons (Fsp3) is 0.333. The second-order valence-electron chi connectivity index (χ2n) is 3.79. The van der Waals surface area contributed by atoms with Crippen LogP contribution in [0.25, 0.3) is 0 Å². The highest BCUT2D eigenvalue weighted by Crippen LogP contribution is 2.00. The van der Waals surface area contributed by atoms with Crippen molar-refractivity contribution in [3.05, 3.63) is 35.9 Å². The summed E-state index contributed by atoms with van der Waals surface area (Å²) < 4.78 is 0. The van der Waals surface area contributed by atoms with Gasteiger partial charge in [-0.25, -0.2) is 4.79 Å². The number of carbonyl (C=O) groups is 2. The van der Waals surface area contributed by atoms with E-state index in [-0.39, 0.29) is 6.42 Å². The molecule has 0 aromatic heterocycles. The molecule has 2 atom stereocenters. The Morgan fingerprint density at radius 2 is 1.88 bits per heavy atom. The van der Waals surface area contributed by atoms with Crippen LogP contribution in [0.3, 0.4) is 0 Å². The van der Waals surface area contributed by atoms with Crippen LogP contribution in [0.1, 0.15) is 12.5 Å². The Morgan fingerprint density at radius 1 is 1.29 bits per heavy atom. The number of hydrogen-bond donors (Lipinski definition) is 3. The van der Waals surface area contributed by atoms with Crippen LogP contribution in [-0.4, -0.2) is 34.2 Å². The fourth-order valence-electron chi connectivity index (χ4n) is 1.39. The van der Waals surface area contributed by atoms with E-state index in [9.17, 15) is 14.7 Å². The summed E-state index contributed by atoms with van der Waals surface area (Å²) in [7, 11) is 0. The van der Waals surface area contributed by atoms with Crippen LogP contribution in [0.5, 0.6) is 0 Å². The van der Waals surface area contributed by atoms with E-state index in [2.05, 4.69) is 5.32 Å². The zero-order valence-corrected chi connectivity index (χ0v) is 9.46. The summed E-state index contributed by atoms with van der Waals surface area (Å²) >= 11 is 0. The second kappa shape index (κ2) is 6.00. The minimum Gasteiger partial charge on any atom is -0.480 e. The molecule has 0 fully saturated rings. The van der Waals surface area contributed by atoms with Crippen molar-refractivity contribution in [2.45, 2.75) is 25.5 Å². The number of carboxylic acid groups (broad SMARTS) is 1. The minimum absolute atomic E-state index is 0.0946. The summed E-state index contributed by atoms with van der Waals surface area (Å²) in [4.78, 5) is 22.3. The Bertz CT molecular complexity index is 389. The molecular weight excluding hydrogens is 222 g/mol. The van der Waals surface area contributed by atoms with Crippen molar-refractivity contribution in [1.82, 2.24) is 5.32 Å². The van der Waals surface area contributed by atoms with E-state index >= 15 is 0 Å². The monoisotopic (exact) mass is 237 g/mol. The standard InChI is InChI=1S/C12H15NO4/c1-8(14)11(12(16)17)13-10(15)7-9-5-3-2-4-6-9/h2-6,8,11,14H,7H2,1H3,(H,13,15)(H,16,17)/t8-,11-/m0/s1. The highest BCUT2D eigenvalue weighted by molar-refractivity contribution is 5.85. The van der Waals surface area contributed by atoms with Crippen molar-refractivity contribution in [2.75, 3.05) is 0 Å². The first-order valence-corrected chi connectivity index (χ1v) is 5.25. The number of hydrogen-bond acceptors (Lipinski definition) is 3. The number of aliphatic carboxylic acids is 1. The van der Waals surface area contributed by atoms with Crippen LogP contribution >= 0.6 is 0 Å². The Hall–Kier alpha value is -1.88. The summed E-state index contributed by atoms with van der Waals surface area (Å²) in [5, 5.41) is 20.3. The third kappa shape index (κ3) is 4.24. The van der Waals surface area contributed by atoms with Gasteiger partial charge in [0.05, 0.1) is 12.5 Å². The average molecular weight is 237 g/mol. The molecule has 0 saturated carbocycles. The normalized spacial score (nSPS) is 13.8. The van der Waals surface area contributed by atoms with E-state index in [1.54, 1.807) is 24.3 Å². The van der Waals surface area contributed by atoms with Gasteiger partial charge in [0.15, 0.2) is 6.04 Å². The van der Waals surface area contributed by atoms with Gasteiger partial charge in [0.1, 0.15) is 0 Å².